The molecule has 0 bridgehead atoms. The monoisotopic (exact) mass is 314 g/mol. The second-order valence-electron chi connectivity index (χ2n) is 7.36. The fraction of sp³-hybridized carbons (Fsp3) is 0.579. The predicted octanol–water partition coefficient (Wildman–Crippen LogP) is 2.87. The zero-order valence-electron chi connectivity index (χ0n) is 14.0. The molecule has 1 saturated heterocycles. The molecule has 23 heavy (non-hydrogen) atoms. The summed E-state index contributed by atoms with van der Waals surface area (Å²) in [5, 5.41) is 11.2. The molecule has 4 rings (SSSR count). The second-order valence-corrected chi connectivity index (χ2v) is 7.36. The molecule has 1 fully saturated rings. The van der Waals surface area contributed by atoms with E-state index in [-0.39, 0.29) is 12.7 Å². The minimum atomic E-state index is 0.234. The van der Waals surface area contributed by atoms with Crippen LogP contribution < -0.4 is 0 Å². The lowest BCUT2D eigenvalue weighted by Gasteiger charge is -2.46. The quantitative estimate of drug-likeness (QED) is 0.912. The van der Waals surface area contributed by atoms with Crippen molar-refractivity contribution >= 4 is 10.9 Å². The average Bonchev–Trinajstić information content (AvgIpc) is 2.97. The van der Waals surface area contributed by atoms with Crippen molar-refractivity contribution < 1.29 is 9.84 Å². The lowest BCUT2D eigenvalue weighted by Crippen LogP contribution is -2.51. The zero-order chi connectivity index (χ0) is 16.0. The van der Waals surface area contributed by atoms with E-state index in [4.69, 9.17) is 4.74 Å². The molecule has 1 aliphatic heterocycles. The molecule has 1 aromatic heterocycles. The van der Waals surface area contributed by atoms with E-state index in [1.807, 2.05) is 0 Å². The van der Waals surface area contributed by atoms with Crippen LogP contribution in [0.2, 0.25) is 0 Å². The van der Waals surface area contributed by atoms with Crippen molar-refractivity contribution in [1.29, 1.82) is 0 Å². The highest BCUT2D eigenvalue weighted by atomic mass is 16.5. The van der Waals surface area contributed by atoms with Crippen LogP contribution in [-0.2, 0) is 11.2 Å². The highest BCUT2D eigenvalue weighted by Gasteiger charge is 2.40. The summed E-state index contributed by atoms with van der Waals surface area (Å²) in [4.78, 5) is 5.87. The third-order valence-corrected chi connectivity index (χ3v) is 5.49. The number of aliphatic hydroxyl groups is 1. The molecule has 1 aromatic carbocycles. The molecule has 2 aromatic rings. The Hall–Kier alpha value is -1.36. The Labute approximate surface area is 137 Å². The second kappa shape index (κ2) is 5.93. The standard InChI is InChI=1S/C19H26N2O2/c1-12(2)23-11-21-9-13(10-22)6-16-15-4-3-5-17-19(15)14(8-20-17)7-18(16)21/h3-5,8,12-13,16,18,20,22H,6-7,9-11H2,1-2H3/t13-,16?,18-/m1/s1. The van der Waals surface area contributed by atoms with E-state index in [1.54, 1.807) is 0 Å². The summed E-state index contributed by atoms with van der Waals surface area (Å²) >= 11 is 0. The van der Waals surface area contributed by atoms with Gasteiger partial charge in [-0.3, -0.25) is 4.90 Å². The number of rotatable bonds is 4. The van der Waals surface area contributed by atoms with E-state index in [9.17, 15) is 5.11 Å². The summed E-state index contributed by atoms with van der Waals surface area (Å²) in [5.74, 6) is 0.825. The number of piperidine rings is 1. The maximum absolute atomic E-state index is 9.75. The first-order valence-corrected chi connectivity index (χ1v) is 8.72. The molecule has 124 valence electrons. The van der Waals surface area contributed by atoms with E-state index in [0.717, 1.165) is 19.4 Å². The maximum atomic E-state index is 9.75. The fourth-order valence-electron chi connectivity index (χ4n) is 4.42. The Kier molecular flexibility index (Phi) is 3.92. The lowest BCUT2D eigenvalue weighted by atomic mass is 9.72. The van der Waals surface area contributed by atoms with E-state index in [1.165, 1.54) is 22.0 Å². The van der Waals surface area contributed by atoms with Crippen molar-refractivity contribution in [3.63, 3.8) is 0 Å². The highest BCUT2D eigenvalue weighted by molar-refractivity contribution is 5.88. The van der Waals surface area contributed by atoms with Gasteiger partial charge in [0.25, 0.3) is 0 Å². The van der Waals surface area contributed by atoms with Gasteiger partial charge in [0.05, 0.1) is 12.8 Å². The summed E-state index contributed by atoms with van der Waals surface area (Å²) < 4.78 is 5.90. The predicted molar refractivity (Wildman–Crippen MR) is 91.5 cm³/mol. The number of ether oxygens (including phenoxy) is 1. The summed E-state index contributed by atoms with van der Waals surface area (Å²) in [6, 6.07) is 7.06. The van der Waals surface area contributed by atoms with E-state index >= 15 is 0 Å². The number of benzene rings is 1. The van der Waals surface area contributed by atoms with Crippen LogP contribution in [0.1, 0.15) is 37.3 Å². The van der Waals surface area contributed by atoms with Crippen molar-refractivity contribution in [2.75, 3.05) is 19.9 Å². The Morgan fingerprint density at radius 2 is 2.26 bits per heavy atom. The van der Waals surface area contributed by atoms with Crippen molar-refractivity contribution in [1.82, 2.24) is 9.88 Å². The van der Waals surface area contributed by atoms with Crippen molar-refractivity contribution in [3.05, 3.63) is 35.5 Å². The molecule has 0 saturated carbocycles. The van der Waals surface area contributed by atoms with E-state index in [0.29, 0.717) is 24.6 Å². The first-order chi connectivity index (χ1) is 11.2. The van der Waals surface area contributed by atoms with Crippen LogP contribution in [-0.4, -0.2) is 47.0 Å². The van der Waals surface area contributed by atoms with Gasteiger partial charge in [-0.2, -0.15) is 0 Å². The molecular weight excluding hydrogens is 288 g/mol. The highest BCUT2D eigenvalue weighted by Crippen LogP contribution is 2.44. The molecule has 0 amide bonds. The van der Waals surface area contributed by atoms with Gasteiger partial charge in [0.15, 0.2) is 0 Å². The van der Waals surface area contributed by atoms with Gasteiger partial charge >= 0.3 is 0 Å². The molecular formula is C19H26N2O2. The largest absolute Gasteiger partial charge is 0.396 e. The number of hydrogen-bond donors (Lipinski definition) is 2. The zero-order valence-corrected chi connectivity index (χ0v) is 14.0. The van der Waals surface area contributed by atoms with Crippen LogP contribution >= 0.6 is 0 Å². The number of nitrogens with zero attached hydrogens (tertiary/aromatic N) is 1. The van der Waals surface area contributed by atoms with Gasteiger partial charge in [0.2, 0.25) is 0 Å². The number of likely N-dealkylation sites (tertiary alicyclic amines) is 1. The van der Waals surface area contributed by atoms with E-state index in [2.05, 4.69) is 48.1 Å². The summed E-state index contributed by atoms with van der Waals surface area (Å²) in [6.45, 7) is 6.01. The van der Waals surface area contributed by atoms with Crippen molar-refractivity contribution in [2.24, 2.45) is 5.92 Å². The number of aliphatic hydroxyl groups excluding tert-OH is 1. The molecule has 0 radical (unpaired) electrons. The maximum Gasteiger partial charge on any atom is 0.0996 e. The summed E-state index contributed by atoms with van der Waals surface area (Å²) in [6.07, 6.45) is 4.55. The number of nitrogens with one attached hydrogen (secondary N) is 1. The molecule has 0 spiro atoms. The topological polar surface area (TPSA) is 48.5 Å². The Bertz CT molecular complexity index is 694. The average molecular weight is 314 g/mol. The van der Waals surface area contributed by atoms with Crippen LogP contribution in [0, 0.1) is 5.92 Å². The Morgan fingerprint density at radius 3 is 3.04 bits per heavy atom. The normalized spacial score (nSPS) is 27.6. The van der Waals surface area contributed by atoms with Gasteiger partial charge < -0.3 is 14.8 Å². The van der Waals surface area contributed by atoms with Gasteiger partial charge in [-0.05, 0) is 49.8 Å². The third kappa shape index (κ3) is 2.59. The molecule has 4 heteroatoms. The van der Waals surface area contributed by atoms with Gasteiger partial charge in [-0.1, -0.05) is 12.1 Å². The number of aromatic nitrogens is 1. The molecule has 4 nitrogen and oxygen atoms in total. The first-order valence-electron chi connectivity index (χ1n) is 8.72. The molecule has 2 heterocycles. The summed E-state index contributed by atoms with van der Waals surface area (Å²) in [5.41, 5.74) is 4.11. The molecule has 3 atom stereocenters. The Morgan fingerprint density at radius 1 is 1.39 bits per heavy atom. The van der Waals surface area contributed by atoms with Crippen LogP contribution in [0.3, 0.4) is 0 Å². The minimum Gasteiger partial charge on any atom is -0.396 e. The minimum absolute atomic E-state index is 0.234. The number of fused-ring (bicyclic) bond motifs is 2. The van der Waals surface area contributed by atoms with Crippen molar-refractivity contribution in [2.45, 2.75) is 44.8 Å². The molecule has 2 N–H and O–H groups in total. The van der Waals surface area contributed by atoms with Gasteiger partial charge in [0, 0.05) is 42.2 Å². The summed E-state index contributed by atoms with van der Waals surface area (Å²) in [7, 11) is 0. The lowest BCUT2D eigenvalue weighted by molar-refractivity contribution is -0.0590. The number of aromatic amines is 1. The van der Waals surface area contributed by atoms with Crippen LogP contribution in [0.25, 0.3) is 10.9 Å². The SMILES string of the molecule is CC(C)OCN1C[C@H](CO)CC2c3cccc4[nH]cc(c34)C[C@H]21. The smallest absolute Gasteiger partial charge is 0.0996 e. The fourth-order valence-corrected chi connectivity index (χ4v) is 4.42. The van der Waals surface area contributed by atoms with E-state index < -0.39 is 0 Å². The Balaban J connectivity index is 1.70. The first kappa shape index (κ1) is 15.2. The molecule has 1 aliphatic carbocycles. The van der Waals surface area contributed by atoms with Gasteiger partial charge in [-0.15, -0.1) is 0 Å². The molecule has 1 unspecified atom stereocenters. The van der Waals surface area contributed by atoms with Crippen LogP contribution in [0.15, 0.2) is 24.4 Å². The number of H-pyrrole nitrogens is 1. The van der Waals surface area contributed by atoms with Crippen LogP contribution in [0.5, 0.6) is 0 Å². The molecule has 2 aliphatic rings. The number of hydrogen-bond acceptors (Lipinski definition) is 3. The third-order valence-electron chi connectivity index (χ3n) is 5.49. The van der Waals surface area contributed by atoms with Gasteiger partial charge in [0.1, 0.15) is 0 Å². The van der Waals surface area contributed by atoms with Gasteiger partial charge in [-0.25, -0.2) is 0 Å². The van der Waals surface area contributed by atoms with Crippen molar-refractivity contribution in [3.8, 4) is 0 Å². The van der Waals surface area contributed by atoms with Crippen LogP contribution in [0.4, 0.5) is 0 Å².